The SMILES string of the molecule is CC(C)C1=C([Si](C)(NC(C)(C)C)c2ccccc2)CC=C1. The van der Waals surface area contributed by atoms with Crippen molar-refractivity contribution in [1.29, 1.82) is 0 Å². The van der Waals surface area contributed by atoms with E-state index in [1.165, 1.54) is 5.19 Å². The second kappa shape index (κ2) is 5.94. The highest BCUT2D eigenvalue weighted by Gasteiger charge is 2.39. The second-order valence-electron chi connectivity index (χ2n) is 7.56. The van der Waals surface area contributed by atoms with E-state index < -0.39 is 8.24 Å². The highest BCUT2D eigenvalue weighted by molar-refractivity contribution is 6.95. The number of hydrogen-bond donors (Lipinski definition) is 1. The highest BCUT2D eigenvalue weighted by atomic mass is 28.3. The Bertz CT molecular complexity index is 549. The van der Waals surface area contributed by atoms with Crippen molar-refractivity contribution in [3.63, 3.8) is 0 Å². The number of nitrogens with one attached hydrogen (secondary N) is 1. The van der Waals surface area contributed by atoms with Crippen molar-refractivity contribution in [2.24, 2.45) is 5.92 Å². The third kappa shape index (κ3) is 3.56. The molecule has 1 atom stereocenters. The van der Waals surface area contributed by atoms with Gasteiger partial charge in [-0.05, 0) is 50.4 Å². The molecular weight excluding hydrogens is 270 g/mol. The van der Waals surface area contributed by atoms with Crippen LogP contribution in [0.15, 0.2) is 53.3 Å². The van der Waals surface area contributed by atoms with Gasteiger partial charge in [0.15, 0.2) is 8.24 Å². The first-order valence-corrected chi connectivity index (χ1v) is 10.5. The zero-order chi connectivity index (χ0) is 15.7. The van der Waals surface area contributed by atoms with Crippen molar-refractivity contribution in [3.8, 4) is 0 Å². The van der Waals surface area contributed by atoms with Gasteiger partial charge < -0.3 is 4.98 Å². The predicted molar refractivity (Wildman–Crippen MR) is 96.2 cm³/mol. The summed E-state index contributed by atoms with van der Waals surface area (Å²) in [6.45, 7) is 13.9. The van der Waals surface area contributed by atoms with E-state index in [0.29, 0.717) is 5.92 Å². The van der Waals surface area contributed by atoms with Gasteiger partial charge in [-0.15, -0.1) is 0 Å². The minimum absolute atomic E-state index is 0.120. The normalized spacial score (nSPS) is 18.4. The standard InChI is InChI=1S/C19H29NSi/c1-15(2)17-13-10-14-18(17)21(6,20-19(3,4)5)16-11-8-7-9-12-16/h7-13,15,20H,14H2,1-6H3. The van der Waals surface area contributed by atoms with Gasteiger partial charge in [-0.3, -0.25) is 0 Å². The van der Waals surface area contributed by atoms with E-state index in [1.807, 2.05) is 0 Å². The topological polar surface area (TPSA) is 12.0 Å². The molecule has 0 saturated carbocycles. The average Bonchev–Trinajstić information content (AvgIpc) is 2.87. The zero-order valence-electron chi connectivity index (χ0n) is 14.3. The number of hydrogen-bond acceptors (Lipinski definition) is 1. The van der Waals surface area contributed by atoms with E-state index in [-0.39, 0.29) is 5.54 Å². The summed E-state index contributed by atoms with van der Waals surface area (Å²) in [7, 11) is -1.89. The fourth-order valence-electron chi connectivity index (χ4n) is 3.40. The largest absolute Gasteiger partial charge is 0.326 e. The minimum atomic E-state index is -1.89. The maximum atomic E-state index is 4.02. The summed E-state index contributed by atoms with van der Waals surface area (Å²) in [5, 5.41) is 3.13. The molecule has 0 aromatic heterocycles. The molecule has 2 rings (SSSR count). The predicted octanol–water partition coefficient (Wildman–Crippen LogP) is 4.31. The Labute approximate surface area is 131 Å². The lowest BCUT2D eigenvalue weighted by molar-refractivity contribution is 0.515. The molecule has 0 aliphatic heterocycles. The molecule has 1 aliphatic rings. The molecule has 0 heterocycles. The van der Waals surface area contributed by atoms with Gasteiger partial charge in [0.1, 0.15) is 0 Å². The third-order valence-corrected chi connectivity index (χ3v) is 8.61. The first-order valence-electron chi connectivity index (χ1n) is 7.99. The van der Waals surface area contributed by atoms with Crippen molar-refractivity contribution in [1.82, 2.24) is 4.98 Å². The first-order chi connectivity index (χ1) is 9.74. The summed E-state index contributed by atoms with van der Waals surface area (Å²) >= 11 is 0. The van der Waals surface area contributed by atoms with Gasteiger partial charge in [-0.2, -0.15) is 0 Å². The Morgan fingerprint density at radius 3 is 2.24 bits per heavy atom. The van der Waals surface area contributed by atoms with Gasteiger partial charge in [0.25, 0.3) is 0 Å². The van der Waals surface area contributed by atoms with E-state index in [0.717, 1.165) is 6.42 Å². The molecule has 1 aromatic rings. The van der Waals surface area contributed by atoms with Crippen LogP contribution in [-0.4, -0.2) is 13.8 Å². The Kier molecular flexibility index (Phi) is 4.59. The van der Waals surface area contributed by atoms with Crippen LogP contribution in [0.25, 0.3) is 0 Å². The summed E-state index contributed by atoms with van der Waals surface area (Å²) in [6.07, 6.45) is 5.79. The molecule has 0 bridgehead atoms. The molecular formula is C19H29NSi. The summed E-state index contributed by atoms with van der Waals surface area (Å²) in [5.74, 6) is 0.594. The lowest BCUT2D eigenvalue weighted by Gasteiger charge is -2.39. The molecule has 114 valence electrons. The summed E-state index contributed by atoms with van der Waals surface area (Å²) in [4.78, 5) is 4.02. The van der Waals surface area contributed by atoms with Crippen LogP contribution in [0.5, 0.6) is 0 Å². The van der Waals surface area contributed by atoms with Gasteiger partial charge in [-0.25, -0.2) is 0 Å². The Hall–Kier alpha value is -1.12. The van der Waals surface area contributed by atoms with Crippen molar-refractivity contribution in [2.45, 2.75) is 53.1 Å². The van der Waals surface area contributed by atoms with E-state index >= 15 is 0 Å². The lowest BCUT2D eigenvalue weighted by Crippen LogP contribution is -2.65. The fourth-order valence-corrected chi connectivity index (χ4v) is 7.88. The van der Waals surface area contributed by atoms with Crippen molar-refractivity contribution >= 4 is 13.4 Å². The van der Waals surface area contributed by atoms with Gasteiger partial charge in [-0.1, -0.05) is 61.5 Å². The highest BCUT2D eigenvalue weighted by Crippen LogP contribution is 2.32. The summed E-state index contributed by atoms with van der Waals surface area (Å²) in [6, 6.07) is 11.0. The molecule has 1 unspecified atom stereocenters. The van der Waals surface area contributed by atoms with Crippen molar-refractivity contribution < 1.29 is 0 Å². The van der Waals surface area contributed by atoms with E-state index in [9.17, 15) is 0 Å². The zero-order valence-corrected chi connectivity index (χ0v) is 15.3. The number of benzene rings is 1. The van der Waals surface area contributed by atoms with Crippen LogP contribution in [0.1, 0.15) is 41.0 Å². The fraction of sp³-hybridized carbons (Fsp3) is 0.474. The number of rotatable bonds is 4. The van der Waals surface area contributed by atoms with Crippen molar-refractivity contribution in [2.75, 3.05) is 0 Å². The van der Waals surface area contributed by atoms with Gasteiger partial charge in [0.2, 0.25) is 0 Å². The molecule has 1 N–H and O–H groups in total. The molecule has 0 amide bonds. The summed E-state index contributed by atoms with van der Waals surface area (Å²) in [5.41, 5.74) is 1.67. The smallest absolute Gasteiger partial charge is 0.183 e. The lowest BCUT2D eigenvalue weighted by atomic mass is 10.1. The number of allylic oxidation sites excluding steroid dienone is 4. The minimum Gasteiger partial charge on any atom is -0.326 e. The molecule has 0 spiro atoms. The van der Waals surface area contributed by atoms with Gasteiger partial charge in [0, 0.05) is 5.54 Å². The Morgan fingerprint density at radius 2 is 1.71 bits per heavy atom. The van der Waals surface area contributed by atoms with E-state index in [4.69, 9.17) is 0 Å². The van der Waals surface area contributed by atoms with E-state index in [1.54, 1.807) is 10.8 Å². The maximum absolute atomic E-state index is 4.02. The van der Waals surface area contributed by atoms with Crippen LogP contribution in [0, 0.1) is 5.92 Å². The Morgan fingerprint density at radius 1 is 1.10 bits per heavy atom. The molecule has 0 saturated heterocycles. The molecule has 1 aliphatic carbocycles. The van der Waals surface area contributed by atoms with Crippen LogP contribution < -0.4 is 10.2 Å². The molecule has 1 aromatic carbocycles. The van der Waals surface area contributed by atoms with Crippen LogP contribution in [0.2, 0.25) is 6.55 Å². The maximum Gasteiger partial charge on any atom is 0.183 e. The second-order valence-corrected chi connectivity index (χ2v) is 11.2. The summed E-state index contributed by atoms with van der Waals surface area (Å²) < 4.78 is 0. The quantitative estimate of drug-likeness (QED) is 0.817. The van der Waals surface area contributed by atoms with Crippen LogP contribution in [0.4, 0.5) is 0 Å². The van der Waals surface area contributed by atoms with Crippen LogP contribution >= 0.6 is 0 Å². The van der Waals surface area contributed by atoms with Crippen LogP contribution in [0.3, 0.4) is 0 Å². The molecule has 21 heavy (non-hydrogen) atoms. The molecule has 0 fully saturated rings. The van der Waals surface area contributed by atoms with Gasteiger partial charge in [0.05, 0.1) is 0 Å². The average molecular weight is 300 g/mol. The van der Waals surface area contributed by atoms with Gasteiger partial charge >= 0.3 is 0 Å². The third-order valence-electron chi connectivity index (χ3n) is 4.17. The molecule has 0 radical (unpaired) electrons. The molecule has 1 nitrogen and oxygen atoms in total. The Balaban J connectivity index is 2.55. The van der Waals surface area contributed by atoms with Crippen LogP contribution in [-0.2, 0) is 0 Å². The van der Waals surface area contributed by atoms with E-state index in [2.05, 4.69) is 88.6 Å². The molecule has 2 heteroatoms. The monoisotopic (exact) mass is 299 g/mol. The first kappa shape index (κ1) is 16.3. The van der Waals surface area contributed by atoms with Crippen molar-refractivity contribution in [3.05, 3.63) is 53.3 Å².